The van der Waals surface area contributed by atoms with Crippen molar-refractivity contribution in [3.8, 4) is 0 Å². The Morgan fingerprint density at radius 2 is 1.32 bits per heavy atom. The van der Waals surface area contributed by atoms with Gasteiger partial charge in [0.1, 0.15) is 0 Å². The molecule has 0 saturated carbocycles. The van der Waals surface area contributed by atoms with Gasteiger partial charge in [-0.15, -0.1) is 0 Å². The van der Waals surface area contributed by atoms with Gasteiger partial charge in [-0.05, 0) is 12.0 Å². The Morgan fingerprint density at radius 3 is 1.76 bits per heavy atom. The van der Waals surface area contributed by atoms with E-state index in [1.54, 1.807) is 30.3 Å². The molecule has 0 aliphatic heterocycles. The molecule has 0 heterocycles. The normalized spacial score (nSPS) is 10.4. The molecule has 1 aromatic carbocycles. The van der Waals surface area contributed by atoms with Crippen molar-refractivity contribution in [2.75, 3.05) is 0 Å². The molecule has 0 saturated heterocycles. The van der Waals surface area contributed by atoms with Crippen LogP contribution in [0.1, 0.15) is 73.1 Å². The molecule has 132 valence electrons. The summed E-state index contributed by atoms with van der Waals surface area (Å²) in [5, 5.41) is 19.1. The Morgan fingerprint density at radius 1 is 0.880 bits per heavy atom. The van der Waals surface area contributed by atoms with E-state index in [0.29, 0.717) is 12.0 Å². The van der Waals surface area contributed by atoms with E-state index in [1.807, 2.05) is 0 Å². The van der Waals surface area contributed by atoms with Crippen LogP contribution in [0.3, 0.4) is 0 Å². The van der Waals surface area contributed by atoms with Crippen LogP contribution in [0.4, 0.5) is 0 Å². The minimum Gasteiger partial charge on any atom is -1.00 e. The van der Waals surface area contributed by atoms with Crippen LogP contribution in [-0.4, -0.2) is 22.2 Å². The molecular formula is C19H30LiNaO4. The van der Waals surface area contributed by atoms with Crippen molar-refractivity contribution in [3.05, 3.63) is 35.9 Å². The van der Waals surface area contributed by atoms with Crippen molar-refractivity contribution in [2.45, 2.75) is 70.1 Å². The van der Waals surface area contributed by atoms with Crippen molar-refractivity contribution in [2.24, 2.45) is 0 Å². The number of carboxylic acids is 2. The van der Waals surface area contributed by atoms with E-state index in [2.05, 4.69) is 6.92 Å². The van der Waals surface area contributed by atoms with Gasteiger partial charge < -0.3 is 13.1 Å². The fraction of sp³-hybridized carbons (Fsp3) is 0.579. The third kappa shape index (κ3) is 8.32. The summed E-state index contributed by atoms with van der Waals surface area (Å²) in [6.07, 6.45) is 8.72. The quantitative estimate of drug-likeness (QED) is 0.283. The van der Waals surface area contributed by atoms with E-state index in [9.17, 15) is 19.8 Å². The Balaban J connectivity index is -0.000000661. The second kappa shape index (κ2) is 14.9. The molecule has 2 N–H and O–H groups in total. The molecule has 0 amide bonds. The fourth-order valence-corrected chi connectivity index (χ4v) is 2.94. The summed E-state index contributed by atoms with van der Waals surface area (Å²) in [4.78, 5) is 23.4. The van der Waals surface area contributed by atoms with Gasteiger partial charge in [0.25, 0.3) is 0 Å². The fourth-order valence-electron chi connectivity index (χ4n) is 2.94. The third-order valence-electron chi connectivity index (χ3n) is 4.40. The van der Waals surface area contributed by atoms with E-state index >= 15 is 0 Å². The smallest absolute Gasteiger partial charge is 1.00 e. The van der Waals surface area contributed by atoms with Crippen LogP contribution in [0.25, 0.3) is 0 Å². The number of aliphatic carboxylic acids is 2. The van der Waals surface area contributed by atoms with E-state index in [-0.39, 0.29) is 57.7 Å². The largest absolute Gasteiger partial charge is 1.00 e. The molecule has 6 heteroatoms. The van der Waals surface area contributed by atoms with Gasteiger partial charge in [0.05, 0.1) is 0 Å². The summed E-state index contributed by atoms with van der Waals surface area (Å²) in [7, 11) is 0. The van der Waals surface area contributed by atoms with Gasteiger partial charge >= 0.3 is 60.4 Å². The minimum atomic E-state index is -1.83. The first-order chi connectivity index (χ1) is 11.1. The zero-order chi connectivity index (χ0) is 17.1. The van der Waals surface area contributed by atoms with Crippen LogP contribution in [-0.2, 0) is 15.0 Å². The van der Waals surface area contributed by atoms with Gasteiger partial charge in [-0.3, -0.25) is 9.59 Å². The first-order valence-corrected chi connectivity index (χ1v) is 8.58. The standard InChI is InChI=1S/C19H28O4.Li.Na.2H/c1-2-3-4-5-6-7-8-12-15-19(17(20)21,18(22)23)16-13-10-9-11-14-16;;;;/h9-11,13-14H,2-8,12,15H2,1H3,(H,20,21)(H,22,23);;;;/q;2*+1;2*-1. The summed E-state index contributed by atoms with van der Waals surface area (Å²) in [5.74, 6) is -2.56. The number of carbonyl (C=O) groups is 2. The second-order valence-electron chi connectivity index (χ2n) is 6.11. The van der Waals surface area contributed by atoms with Gasteiger partial charge in [0.15, 0.2) is 5.41 Å². The van der Waals surface area contributed by atoms with Crippen LogP contribution >= 0.6 is 0 Å². The van der Waals surface area contributed by atoms with Gasteiger partial charge in [0, 0.05) is 0 Å². The molecule has 0 atom stereocenters. The summed E-state index contributed by atoms with van der Waals surface area (Å²) in [6, 6.07) is 8.31. The van der Waals surface area contributed by atoms with Crippen LogP contribution in [0.15, 0.2) is 30.3 Å². The Bertz CT molecular complexity index is 490. The van der Waals surface area contributed by atoms with Crippen LogP contribution in [0.5, 0.6) is 0 Å². The van der Waals surface area contributed by atoms with E-state index < -0.39 is 17.4 Å². The summed E-state index contributed by atoms with van der Waals surface area (Å²) in [6.45, 7) is 2.18. The number of benzene rings is 1. The minimum absolute atomic E-state index is 0. The number of carboxylic acid groups (broad SMARTS) is 2. The average Bonchev–Trinajstić information content (AvgIpc) is 2.54. The first kappa shape index (κ1) is 27.0. The van der Waals surface area contributed by atoms with E-state index in [0.717, 1.165) is 19.3 Å². The molecule has 0 aliphatic carbocycles. The summed E-state index contributed by atoms with van der Waals surface area (Å²) in [5.41, 5.74) is -1.48. The van der Waals surface area contributed by atoms with Crippen LogP contribution < -0.4 is 48.4 Å². The summed E-state index contributed by atoms with van der Waals surface area (Å²) >= 11 is 0. The number of rotatable bonds is 12. The van der Waals surface area contributed by atoms with Gasteiger partial charge in [-0.2, -0.15) is 0 Å². The molecule has 4 nitrogen and oxygen atoms in total. The molecule has 1 rings (SSSR count). The third-order valence-corrected chi connectivity index (χ3v) is 4.40. The Labute approximate surface area is 188 Å². The molecule has 0 aliphatic rings. The molecule has 0 aromatic heterocycles. The van der Waals surface area contributed by atoms with Crippen LogP contribution in [0, 0.1) is 0 Å². The maximum atomic E-state index is 11.7. The van der Waals surface area contributed by atoms with Crippen molar-refractivity contribution >= 4 is 11.9 Å². The zero-order valence-electron chi connectivity index (χ0n) is 18.0. The van der Waals surface area contributed by atoms with Crippen LogP contribution in [0.2, 0.25) is 0 Å². The summed E-state index contributed by atoms with van der Waals surface area (Å²) < 4.78 is 0. The molecule has 0 spiro atoms. The van der Waals surface area contributed by atoms with E-state index in [1.165, 1.54) is 25.7 Å². The van der Waals surface area contributed by atoms with Gasteiger partial charge in [-0.1, -0.05) is 88.6 Å². The predicted molar refractivity (Wildman–Crippen MR) is 92.8 cm³/mol. The molecule has 0 radical (unpaired) electrons. The SMILES string of the molecule is CCCCCCCCCCC(C(=O)O)(C(=O)O)c1ccccc1.[H-].[H-].[Li+].[Na+]. The van der Waals surface area contributed by atoms with Crippen molar-refractivity contribution < 1.29 is 71.1 Å². The van der Waals surface area contributed by atoms with Gasteiger partial charge in [-0.25, -0.2) is 0 Å². The molecule has 0 unspecified atom stereocenters. The van der Waals surface area contributed by atoms with E-state index in [4.69, 9.17) is 0 Å². The second-order valence-corrected chi connectivity index (χ2v) is 6.11. The maximum Gasteiger partial charge on any atom is 1.00 e. The monoisotopic (exact) mass is 352 g/mol. The Hall–Kier alpha value is -0.243. The number of unbranched alkanes of at least 4 members (excludes halogenated alkanes) is 7. The molecule has 1 aromatic rings. The topological polar surface area (TPSA) is 74.6 Å². The Kier molecular flexibility index (Phi) is 16.1. The number of hydrogen-bond donors (Lipinski definition) is 2. The average molecular weight is 352 g/mol. The van der Waals surface area contributed by atoms with Crippen molar-refractivity contribution in [1.82, 2.24) is 0 Å². The number of hydrogen-bond acceptors (Lipinski definition) is 2. The first-order valence-electron chi connectivity index (χ1n) is 8.58. The molecule has 0 bridgehead atoms. The maximum absolute atomic E-state index is 11.7. The zero-order valence-corrected chi connectivity index (χ0v) is 18.0. The van der Waals surface area contributed by atoms with Gasteiger partial charge in [0.2, 0.25) is 0 Å². The predicted octanol–water partition coefficient (Wildman–Crippen LogP) is -1.14. The van der Waals surface area contributed by atoms with Crippen molar-refractivity contribution in [1.29, 1.82) is 0 Å². The van der Waals surface area contributed by atoms with Crippen molar-refractivity contribution in [3.63, 3.8) is 0 Å². The molecule has 0 fully saturated rings. The molecular weight excluding hydrogens is 322 g/mol. The molecule has 25 heavy (non-hydrogen) atoms.